The summed E-state index contributed by atoms with van der Waals surface area (Å²) < 4.78 is 31.1. The number of rotatable bonds is 17. The third-order valence-electron chi connectivity index (χ3n) is 11.9. The van der Waals surface area contributed by atoms with Crippen molar-refractivity contribution in [1.29, 1.82) is 0 Å². The third kappa shape index (κ3) is 22.0. The molecule has 2 rings (SSSR count). The Kier molecular flexibility index (Phi) is 25.5. The molecule has 2 N–H and O–H groups in total. The zero-order chi connectivity index (χ0) is 56.3. The van der Waals surface area contributed by atoms with E-state index >= 15 is 0 Å². The minimum atomic E-state index is -2.18. The van der Waals surface area contributed by atoms with Crippen molar-refractivity contribution in [3.05, 3.63) is 23.8 Å². The van der Waals surface area contributed by atoms with Crippen LogP contribution in [0.2, 0.25) is 36.3 Å². The van der Waals surface area contributed by atoms with Crippen molar-refractivity contribution in [2.45, 2.75) is 258 Å². The molecule has 71 heavy (non-hydrogen) atoms. The average molecular weight is 1080 g/mol. The summed E-state index contributed by atoms with van der Waals surface area (Å²) >= 11 is 1.94. The number of aliphatic hydroxyl groups is 1. The predicted molar refractivity (Wildman–Crippen MR) is 286 cm³/mol. The fraction of sp³-hybridized carbons (Fsp3) is 0.760. The fourth-order valence-corrected chi connectivity index (χ4v) is 9.44. The van der Waals surface area contributed by atoms with E-state index in [2.05, 4.69) is 93.1 Å². The van der Waals surface area contributed by atoms with Gasteiger partial charge in [0.1, 0.15) is 18.3 Å². The van der Waals surface area contributed by atoms with Crippen molar-refractivity contribution in [3.63, 3.8) is 0 Å². The summed E-state index contributed by atoms with van der Waals surface area (Å²) in [6.07, 6.45) is -1.94. The third-order valence-corrected chi connectivity index (χ3v) is 23.0. The molecule has 0 aliphatic carbocycles. The molecule has 2 aromatic rings. The molecule has 0 saturated carbocycles. The molecular weight excluding hydrogens is 985 g/mol. The highest BCUT2D eigenvalue weighted by Crippen LogP contribution is 2.39. The normalized spacial score (nSPS) is 15.2. The molecule has 0 aliphatic heterocycles. The zero-order valence-electron chi connectivity index (χ0n) is 47.8. The van der Waals surface area contributed by atoms with Crippen molar-refractivity contribution in [1.82, 2.24) is 19.1 Å². The molecule has 17 nitrogen and oxygen atoms in total. The first kappa shape index (κ1) is 67.7. The SMILES string of the molecule is CC(C)n1cc(C(C)(C)C)nc1SC(=O)[C@H](C)O.CC(C)n1cc(C(C)(C)C)nc1SC(=O)[C@H](C)OC(=O)[C@H](C)OC(=O)[C@H](C)O[Si](C)(C)C(C)(C)C.C[C@H](OC(=O)[C@H](C)O[Si](C)(C)C(C)(C)C)C(=O)O. The summed E-state index contributed by atoms with van der Waals surface area (Å²) in [5, 5.41) is 18.4. The summed E-state index contributed by atoms with van der Waals surface area (Å²) in [6.45, 7) is 50.0. The van der Waals surface area contributed by atoms with Gasteiger partial charge in [0.2, 0.25) is 10.2 Å². The number of aliphatic hydroxyl groups excluding tert-OH is 1. The summed E-state index contributed by atoms with van der Waals surface area (Å²) in [7, 11) is -4.24. The van der Waals surface area contributed by atoms with Crippen molar-refractivity contribution in [3.8, 4) is 0 Å². The highest BCUT2D eigenvalue weighted by molar-refractivity contribution is 8.13. The second kappa shape index (κ2) is 26.7. The number of hydrogen-bond acceptors (Lipinski definition) is 16. The van der Waals surface area contributed by atoms with Gasteiger partial charge in [-0.2, -0.15) is 0 Å². The fourth-order valence-electron chi connectivity index (χ4n) is 5.01. The van der Waals surface area contributed by atoms with Gasteiger partial charge in [0.05, 0.1) is 11.4 Å². The van der Waals surface area contributed by atoms with E-state index < -0.39 is 77.1 Å². The topological polar surface area (TPSA) is 225 Å². The molecule has 0 saturated heterocycles. The highest BCUT2D eigenvalue weighted by Gasteiger charge is 2.42. The van der Waals surface area contributed by atoms with E-state index in [0.29, 0.717) is 10.3 Å². The minimum absolute atomic E-state index is 0.0139. The number of carboxylic acids is 1. The van der Waals surface area contributed by atoms with Gasteiger partial charge in [-0.25, -0.2) is 29.1 Å². The van der Waals surface area contributed by atoms with Crippen LogP contribution in [0, 0.1) is 0 Å². The average Bonchev–Trinajstić information content (AvgIpc) is 3.82. The van der Waals surface area contributed by atoms with Gasteiger partial charge in [-0.15, -0.1) is 0 Å². The molecule has 2 aromatic heterocycles. The molecule has 6 atom stereocenters. The van der Waals surface area contributed by atoms with Crippen LogP contribution in [0.3, 0.4) is 0 Å². The molecular formula is C50H90N4O13S2Si2. The summed E-state index contributed by atoms with van der Waals surface area (Å²) in [4.78, 5) is 80.8. The molecule has 0 radical (unpaired) electrons. The van der Waals surface area contributed by atoms with Gasteiger partial charge in [0, 0.05) is 35.3 Å². The molecule has 0 bridgehead atoms. The van der Waals surface area contributed by atoms with Crippen LogP contribution in [0.1, 0.15) is 176 Å². The van der Waals surface area contributed by atoms with Crippen LogP contribution in [-0.2, 0) is 62.7 Å². The molecule has 0 spiro atoms. The van der Waals surface area contributed by atoms with Crippen LogP contribution in [0.4, 0.5) is 0 Å². The lowest BCUT2D eigenvalue weighted by molar-refractivity contribution is -0.173. The van der Waals surface area contributed by atoms with E-state index in [1.54, 1.807) is 13.8 Å². The van der Waals surface area contributed by atoms with Gasteiger partial charge < -0.3 is 42.4 Å². The number of esters is 3. The maximum absolute atomic E-state index is 12.8. The number of carboxylic acid groups (broad SMARTS) is 1. The van der Waals surface area contributed by atoms with Gasteiger partial charge >= 0.3 is 23.9 Å². The number of carbonyl (C=O) groups excluding carboxylic acids is 5. The Balaban J connectivity index is 0.00000114. The van der Waals surface area contributed by atoms with Crippen LogP contribution in [0.15, 0.2) is 22.7 Å². The van der Waals surface area contributed by atoms with Crippen molar-refractivity contribution >= 4 is 74.3 Å². The van der Waals surface area contributed by atoms with Gasteiger partial charge in [-0.1, -0.05) is 83.1 Å². The quantitative estimate of drug-likeness (QED) is 0.0650. The van der Waals surface area contributed by atoms with Gasteiger partial charge in [0.15, 0.2) is 45.3 Å². The molecule has 2 heterocycles. The Morgan fingerprint density at radius 2 is 0.803 bits per heavy atom. The molecule has 0 aliphatic rings. The van der Waals surface area contributed by atoms with E-state index in [4.69, 9.17) is 28.2 Å². The Morgan fingerprint density at radius 3 is 1.08 bits per heavy atom. The van der Waals surface area contributed by atoms with Crippen LogP contribution < -0.4 is 0 Å². The van der Waals surface area contributed by atoms with Crippen LogP contribution in [0.25, 0.3) is 0 Å². The Morgan fingerprint density at radius 1 is 0.507 bits per heavy atom. The van der Waals surface area contributed by atoms with E-state index in [1.807, 2.05) is 75.4 Å². The molecule has 0 fully saturated rings. The van der Waals surface area contributed by atoms with E-state index in [0.717, 1.165) is 34.9 Å². The number of aliphatic carboxylic acids is 1. The Hall–Kier alpha value is -3.35. The lowest BCUT2D eigenvalue weighted by Crippen LogP contribution is -2.46. The number of ether oxygens (including phenoxy) is 3. The molecule has 408 valence electrons. The summed E-state index contributed by atoms with van der Waals surface area (Å²) in [5.41, 5.74) is 1.61. The number of thioether (sulfide) groups is 2. The number of aromatic nitrogens is 4. The maximum atomic E-state index is 12.8. The van der Waals surface area contributed by atoms with E-state index in [1.165, 1.54) is 27.7 Å². The van der Waals surface area contributed by atoms with Gasteiger partial charge in [-0.3, -0.25) is 9.59 Å². The lowest BCUT2D eigenvalue weighted by atomic mass is 9.93. The van der Waals surface area contributed by atoms with Crippen LogP contribution in [-0.4, -0.2) is 117 Å². The maximum Gasteiger partial charge on any atom is 0.347 e. The minimum Gasteiger partial charge on any atom is -0.479 e. The first-order valence-electron chi connectivity index (χ1n) is 24.2. The Bertz CT molecular complexity index is 2110. The smallest absolute Gasteiger partial charge is 0.347 e. The lowest BCUT2D eigenvalue weighted by Gasteiger charge is -2.37. The molecule has 0 aromatic carbocycles. The van der Waals surface area contributed by atoms with Crippen LogP contribution in [0.5, 0.6) is 0 Å². The molecule has 21 heteroatoms. The number of imidazole rings is 2. The summed E-state index contributed by atoms with van der Waals surface area (Å²) in [5.74, 6) is -3.22. The van der Waals surface area contributed by atoms with Gasteiger partial charge in [-0.05, 0) is 129 Å². The van der Waals surface area contributed by atoms with Crippen molar-refractivity contribution in [2.24, 2.45) is 0 Å². The monoisotopic (exact) mass is 1070 g/mol. The first-order valence-corrected chi connectivity index (χ1v) is 31.6. The number of nitrogens with zero attached hydrogens (tertiary/aromatic N) is 4. The summed E-state index contributed by atoms with van der Waals surface area (Å²) in [6, 6.07) is 0.347. The predicted octanol–water partition coefficient (Wildman–Crippen LogP) is 10.8. The number of carbonyl (C=O) groups is 6. The van der Waals surface area contributed by atoms with E-state index in [9.17, 15) is 33.9 Å². The highest BCUT2D eigenvalue weighted by atomic mass is 32.2. The van der Waals surface area contributed by atoms with Crippen LogP contribution >= 0.6 is 23.5 Å². The largest absolute Gasteiger partial charge is 0.479 e. The number of hydrogen-bond donors (Lipinski definition) is 2. The standard InChI is InChI=1S/C25H44N2O6SSi.C13H22N2O2S.C12H24O5Si/c1-15(2)27-14-19(24(6,7)8)26-23(27)34-22(30)18(5)32-20(28)16(3)31-21(29)17(4)33-35(12,13)25(9,10)11;1-8(2)15-7-10(13(4,5)6)14-12(15)18-11(17)9(3)16;1-8(10(13)14)16-11(15)9(2)17-18(6,7)12(3,4)5/h14-18H,1-13H3;7-9,16H,1-6H3;8-9H,1-7H3,(H,13,14)/t16-,17-,18-;9-;8-,9-/m000/s1. The molecule has 0 unspecified atom stereocenters. The van der Waals surface area contributed by atoms with E-state index in [-0.39, 0.29) is 43.2 Å². The van der Waals surface area contributed by atoms with Gasteiger partial charge in [0.25, 0.3) is 0 Å². The first-order chi connectivity index (χ1) is 31.7. The second-order valence-corrected chi connectivity index (χ2v) is 34.9. The van der Waals surface area contributed by atoms with Crippen molar-refractivity contribution in [2.75, 3.05) is 0 Å². The van der Waals surface area contributed by atoms with Crippen molar-refractivity contribution < 1.29 is 62.0 Å². The Labute approximate surface area is 435 Å². The second-order valence-electron chi connectivity index (χ2n) is 23.5. The molecule has 0 amide bonds. The zero-order valence-corrected chi connectivity index (χ0v) is 51.4.